The summed E-state index contributed by atoms with van der Waals surface area (Å²) >= 11 is 0. The van der Waals surface area contributed by atoms with Gasteiger partial charge >= 0.3 is 6.18 Å². The molecular formula is C14H19F3N4O4. The van der Waals surface area contributed by atoms with Crippen LogP contribution in [0.2, 0.25) is 0 Å². The molecule has 1 rings (SSSR count). The fourth-order valence-corrected chi connectivity index (χ4v) is 1.78. The zero-order valence-electron chi connectivity index (χ0n) is 14.1. The number of nitrogens with zero attached hydrogens (tertiary/aromatic N) is 2. The van der Waals surface area contributed by atoms with Crippen LogP contribution in [0.25, 0.3) is 0 Å². The predicted octanol–water partition coefficient (Wildman–Crippen LogP) is 3.70. The predicted molar refractivity (Wildman–Crippen MR) is 85.3 cm³/mol. The molecule has 0 amide bonds. The number of hydrogen-bond acceptors (Lipinski definition) is 6. The molecule has 0 aromatic heterocycles. The van der Waals surface area contributed by atoms with E-state index in [0.29, 0.717) is 0 Å². The van der Waals surface area contributed by atoms with E-state index < -0.39 is 49.6 Å². The molecule has 0 spiro atoms. The molecule has 0 radical (unpaired) electrons. The maximum Gasteiger partial charge on any atom is 0.416 e. The van der Waals surface area contributed by atoms with Crippen molar-refractivity contribution in [1.29, 1.82) is 0 Å². The van der Waals surface area contributed by atoms with Gasteiger partial charge in [0.1, 0.15) is 0 Å². The summed E-state index contributed by atoms with van der Waals surface area (Å²) in [7, 11) is 0. The molecule has 0 fully saturated rings. The first-order valence-electron chi connectivity index (χ1n) is 7.14. The zero-order valence-corrected chi connectivity index (χ0v) is 14.1. The molecule has 0 atom stereocenters. The molecule has 1 aromatic rings. The van der Waals surface area contributed by atoms with Crippen LogP contribution < -0.4 is 11.1 Å². The second-order valence-electron chi connectivity index (χ2n) is 6.86. The highest BCUT2D eigenvalue weighted by Gasteiger charge is 2.39. The van der Waals surface area contributed by atoms with Crippen LogP contribution in [0.4, 0.5) is 30.2 Å². The number of benzene rings is 1. The van der Waals surface area contributed by atoms with Crippen LogP contribution in [-0.2, 0) is 6.18 Å². The van der Waals surface area contributed by atoms with Gasteiger partial charge in [-0.25, -0.2) is 0 Å². The second kappa shape index (κ2) is 6.47. The van der Waals surface area contributed by atoms with E-state index >= 15 is 0 Å². The Kier molecular flexibility index (Phi) is 5.33. The monoisotopic (exact) mass is 364 g/mol. The Balaban J connectivity index is 3.48. The van der Waals surface area contributed by atoms with E-state index in [1.165, 1.54) is 0 Å². The molecule has 1 aromatic carbocycles. The number of rotatable bonds is 6. The smallest absolute Gasteiger partial charge is 0.373 e. The van der Waals surface area contributed by atoms with Crippen LogP contribution >= 0.6 is 0 Å². The van der Waals surface area contributed by atoms with Crippen molar-refractivity contribution in [2.75, 3.05) is 11.9 Å². The molecule has 11 heteroatoms. The van der Waals surface area contributed by atoms with E-state index in [4.69, 9.17) is 5.73 Å². The van der Waals surface area contributed by atoms with Gasteiger partial charge in [0.15, 0.2) is 5.69 Å². The van der Waals surface area contributed by atoms with Gasteiger partial charge in [0.25, 0.3) is 11.4 Å². The fraction of sp³-hybridized carbons (Fsp3) is 0.571. The summed E-state index contributed by atoms with van der Waals surface area (Å²) in [5, 5.41) is 24.8. The summed E-state index contributed by atoms with van der Waals surface area (Å²) in [5.41, 5.74) is 0.486. The highest BCUT2D eigenvalue weighted by molar-refractivity contribution is 5.75. The van der Waals surface area contributed by atoms with Gasteiger partial charge in [0.05, 0.1) is 15.4 Å². The lowest BCUT2D eigenvalue weighted by molar-refractivity contribution is -0.392. The Hall–Kier alpha value is -2.43. The molecular weight excluding hydrogens is 345 g/mol. The maximum absolute atomic E-state index is 12.9. The number of halogens is 3. The average Bonchev–Trinajstić information content (AvgIpc) is 2.41. The molecule has 0 unspecified atom stereocenters. The number of nitro groups is 2. The van der Waals surface area contributed by atoms with E-state index in [1.54, 1.807) is 27.7 Å². The molecule has 8 nitrogen and oxygen atoms in total. The molecule has 0 bridgehead atoms. The normalized spacial score (nSPS) is 12.8. The Morgan fingerprint density at radius 2 is 1.44 bits per heavy atom. The van der Waals surface area contributed by atoms with Crippen LogP contribution in [0.15, 0.2) is 12.1 Å². The molecule has 0 saturated carbocycles. The van der Waals surface area contributed by atoms with Crippen molar-refractivity contribution in [3.8, 4) is 0 Å². The molecule has 3 N–H and O–H groups in total. The molecule has 140 valence electrons. The SMILES string of the molecule is CC(C)(N)C(C)(C)CNc1c([N+](=O)[O-])cc(C(F)(F)F)cc1[N+](=O)[O-]. The fourth-order valence-electron chi connectivity index (χ4n) is 1.78. The van der Waals surface area contributed by atoms with E-state index in [2.05, 4.69) is 5.32 Å². The lowest BCUT2D eigenvalue weighted by atomic mass is 9.75. The van der Waals surface area contributed by atoms with Crippen LogP contribution in [0.5, 0.6) is 0 Å². The summed E-state index contributed by atoms with van der Waals surface area (Å²) < 4.78 is 38.6. The third kappa shape index (κ3) is 4.56. The van der Waals surface area contributed by atoms with Crippen molar-refractivity contribution in [3.05, 3.63) is 37.9 Å². The highest BCUT2D eigenvalue weighted by atomic mass is 19.4. The van der Waals surface area contributed by atoms with Gasteiger partial charge in [-0.3, -0.25) is 20.2 Å². The summed E-state index contributed by atoms with van der Waals surface area (Å²) in [6.45, 7) is 6.82. The average molecular weight is 364 g/mol. The third-order valence-electron chi connectivity index (χ3n) is 4.27. The Bertz CT molecular complexity index is 661. The molecule has 0 heterocycles. The van der Waals surface area contributed by atoms with E-state index in [1.807, 2.05) is 0 Å². The van der Waals surface area contributed by atoms with Crippen molar-refractivity contribution in [2.45, 2.75) is 39.4 Å². The zero-order chi connectivity index (χ0) is 19.8. The number of alkyl halides is 3. The van der Waals surface area contributed by atoms with E-state index in [9.17, 15) is 33.4 Å². The topological polar surface area (TPSA) is 124 Å². The van der Waals surface area contributed by atoms with Gasteiger partial charge < -0.3 is 11.1 Å². The lowest BCUT2D eigenvalue weighted by Gasteiger charge is -2.38. The minimum Gasteiger partial charge on any atom is -0.373 e. The van der Waals surface area contributed by atoms with E-state index in [0.717, 1.165) is 0 Å². The molecule has 25 heavy (non-hydrogen) atoms. The largest absolute Gasteiger partial charge is 0.416 e. The molecule has 0 saturated heterocycles. The number of hydrogen-bond donors (Lipinski definition) is 2. The minimum atomic E-state index is -4.95. The Labute approximate surface area is 141 Å². The molecule has 0 aliphatic rings. The van der Waals surface area contributed by atoms with Gasteiger partial charge in [-0.2, -0.15) is 13.2 Å². The summed E-state index contributed by atoms with van der Waals surface area (Å²) in [6, 6.07) is 0.547. The van der Waals surface area contributed by atoms with Crippen molar-refractivity contribution >= 4 is 17.1 Å². The highest BCUT2D eigenvalue weighted by Crippen LogP contribution is 2.42. The first kappa shape index (κ1) is 20.6. The van der Waals surface area contributed by atoms with Crippen LogP contribution in [0.3, 0.4) is 0 Å². The van der Waals surface area contributed by atoms with Gasteiger partial charge in [-0.05, 0) is 19.3 Å². The maximum atomic E-state index is 12.9. The van der Waals surface area contributed by atoms with Crippen molar-refractivity contribution in [3.63, 3.8) is 0 Å². The molecule has 0 aliphatic carbocycles. The van der Waals surface area contributed by atoms with Crippen molar-refractivity contribution in [1.82, 2.24) is 0 Å². The van der Waals surface area contributed by atoms with E-state index in [-0.39, 0.29) is 18.7 Å². The van der Waals surface area contributed by atoms with Crippen molar-refractivity contribution in [2.24, 2.45) is 11.1 Å². The first-order valence-corrected chi connectivity index (χ1v) is 7.14. The Morgan fingerprint density at radius 1 is 1.04 bits per heavy atom. The van der Waals surface area contributed by atoms with Gasteiger partial charge in [0.2, 0.25) is 0 Å². The van der Waals surface area contributed by atoms with Crippen molar-refractivity contribution < 1.29 is 23.0 Å². The summed E-state index contributed by atoms with van der Waals surface area (Å²) in [6.07, 6.45) is -4.95. The van der Waals surface area contributed by atoms with Crippen LogP contribution in [0, 0.1) is 25.6 Å². The number of nitrogens with one attached hydrogen (secondary N) is 1. The quantitative estimate of drug-likeness (QED) is 0.586. The minimum absolute atomic E-state index is 0.0243. The van der Waals surface area contributed by atoms with Gasteiger partial charge in [-0.15, -0.1) is 0 Å². The number of nitro benzene ring substituents is 2. The Morgan fingerprint density at radius 3 is 1.72 bits per heavy atom. The summed E-state index contributed by atoms with van der Waals surface area (Å²) in [5.74, 6) is 0. The third-order valence-corrected chi connectivity index (χ3v) is 4.27. The van der Waals surface area contributed by atoms with Gasteiger partial charge in [0, 0.05) is 24.2 Å². The van der Waals surface area contributed by atoms with Crippen LogP contribution in [-0.4, -0.2) is 21.9 Å². The van der Waals surface area contributed by atoms with Gasteiger partial charge in [-0.1, -0.05) is 13.8 Å². The van der Waals surface area contributed by atoms with Crippen LogP contribution in [0.1, 0.15) is 33.3 Å². The lowest BCUT2D eigenvalue weighted by Crippen LogP contribution is -2.50. The second-order valence-corrected chi connectivity index (χ2v) is 6.86. The summed E-state index contributed by atoms with van der Waals surface area (Å²) in [4.78, 5) is 20.1. The molecule has 0 aliphatic heterocycles. The number of nitrogens with two attached hydrogens (primary N) is 1. The standard InChI is InChI=1S/C14H19F3N4O4/c1-12(2,13(3,4)18)7-19-11-9(20(22)23)5-8(14(15,16)17)6-10(11)21(24)25/h5-6,19H,7,18H2,1-4H3. The number of anilines is 1. The first-order chi connectivity index (χ1) is 11.1.